The van der Waals surface area contributed by atoms with Gasteiger partial charge in [0.05, 0.1) is 6.61 Å². The van der Waals surface area contributed by atoms with Crippen LogP contribution in [-0.4, -0.2) is 32.3 Å². The molecule has 2 N–H and O–H groups in total. The molecule has 3 heteroatoms. The quantitative estimate of drug-likeness (QED) is 0.767. The van der Waals surface area contributed by atoms with Crippen molar-refractivity contribution in [3.8, 4) is 5.75 Å². The van der Waals surface area contributed by atoms with Crippen LogP contribution >= 0.6 is 0 Å². The van der Waals surface area contributed by atoms with Crippen LogP contribution in [0.4, 0.5) is 0 Å². The number of hydrogen-bond acceptors (Lipinski definition) is 3. The fraction of sp³-hybridized carbons (Fsp3) is 0.538. The summed E-state index contributed by atoms with van der Waals surface area (Å²) in [4.78, 5) is 0. The van der Waals surface area contributed by atoms with Gasteiger partial charge in [0, 0.05) is 32.1 Å². The zero-order valence-corrected chi connectivity index (χ0v) is 9.46. The summed E-state index contributed by atoms with van der Waals surface area (Å²) >= 11 is 0. The molecule has 1 aromatic rings. The van der Waals surface area contributed by atoms with Gasteiger partial charge < -0.3 is 15.4 Å². The minimum atomic E-state index is 0.578. The van der Waals surface area contributed by atoms with Crippen LogP contribution in [-0.2, 0) is 12.8 Å². The molecule has 0 saturated carbocycles. The van der Waals surface area contributed by atoms with Crippen molar-refractivity contribution in [2.75, 3.05) is 26.2 Å². The molecule has 86 valence electrons. The van der Waals surface area contributed by atoms with Gasteiger partial charge in [-0.3, -0.25) is 0 Å². The number of piperazine rings is 1. The smallest absolute Gasteiger partial charge is 0.122 e. The molecular weight excluding hydrogens is 200 g/mol. The van der Waals surface area contributed by atoms with E-state index in [9.17, 15) is 0 Å². The summed E-state index contributed by atoms with van der Waals surface area (Å²) in [5, 5.41) is 6.96. The van der Waals surface area contributed by atoms with Crippen molar-refractivity contribution in [2.24, 2.45) is 0 Å². The average molecular weight is 218 g/mol. The van der Waals surface area contributed by atoms with E-state index in [1.54, 1.807) is 0 Å². The van der Waals surface area contributed by atoms with Crippen LogP contribution in [0.1, 0.15) is 11.1 Å². The third-order valence-electron chi connectivity index (χ3n) is 3.36. The van der Waals surface area contributed by atoms with Crippen LogP contribution in [0.25, 0.3) is 0 Å². The van der Waals surface area contributed by atoms with Crippen LogP contribution in [0, 0.1) is 0 Å². The van der Waals surface area contributed by atoms with Gasteiger partial charge in [-0.1, -0.05) is 12.1 Å². The molecule has 1 aromatic carbocycles. The molecule has 0 aliphatic carbocycles. The molecule has 0 radical (unpaired) electrons. The Morgan fingerprint density at radius 3 is 3.19 bits per heavy atom. The van der Waals surface area contributed by atoms with Crippen molar-refractivity contribution in [3.05, 3.63) is 29.3 Å². The highest BCUT2D eigenvalue weighted by Gasteiger charge is 2.15. The summed E-state index contributed by atoms with van der Waals surface area (Å²) in [6, 6.07) is 7.20. The molecule has 3 rings (SSSR count). The molecule has 1 fully saturated rings. The lowest BCUT2D eigenvalue weighted by Gasteiger charge is -2.24. The minimum absolute atomic E-state index is 0.578. The van der Waals surface area contributed by atoms with Crippen LogP contribution in [0.3, 0.4) is 0 Å². The van der Waals surface area contributed by atoms with Gasteiger partial charge in [-0.2, -0.15) is 0 Å². The zero-order valence-electron chi connectivity index (χ0n) is 9.46. The molecule has 1 atom stereocenters. The largest absolute Gasteiger partial charge is 0.493 e. The molecule has 0 aromatic heterocycles. The molecule has 0 spiro atoms. The second kappa shape index (κ2) is 4.44. The Bertz CT molecular complexity index is 372. The molecule has 2 heterocycles. The highest BCUT2D eigenvalue weighted by molar-refractivity contribution is 5.40. The first-order chi connectivity index (χ1) is 7.92. The van der Waals surface area contributed by atoms with E-state index in [0.29, 0.717) is 6.04 Å². The van der Waals surface area contributed by atoms with Crippen molar-refractivity contribution >= 4 is 0 Å². The number of ether oxygens (including phenoxy) is 1. The van der Waals surface area contributed by atoms with Crippen LogP contribution < -0.4 is 15.4 Å². The van der Waals surface area contributed by atoms with Crippen molar-refractivity contribution in [1.29, 1.82) is 0 Å². The molecular formula is C13H18N2O. The van der Waals surface area contributed by atoms with Gasteiger partial charge in [0.2, 0.25) is 0 Å². The Morgan fingerprint density at radius 2 is 2.31 bits per heavy atom. The summed E-state index contributed by atoms with van der Waals surface area (Å²) in [6.07, 6.45) is 2.18. The minimum Gasteiger partial charge on any atom is -0.493 e. The van der Waals surface area contributed by atoms with Gasteiger partial charge in [0.25, 0.3) is 0 Å². The maximum atomic E-state index is 5.52. The third kappa shape index (κ3) is 2.06. The molecule has 2 aliphatic rings. The second-order valence-corrected chi connectivity index (χ2v) is 4.60. The summed E-state index contributed by atoms with van der Waals surface area (Å²) < 4.78 is 5.52. The lowest BCUT2D eigenvalue weighted by atomic mass is 10.0. The predicted octanol–water partition coefficient (Wildman–Crippen LogP) is 0.725. The van der Waals surface area contributed by atoms with Crippen LogP contribution in [0.5, 0.6) is 5.75 Å². The van der Waals surface area contributed by atoms with Crippen molar-refractivity contribution in [3.63, 3.8) is 0 Å². The Hall–Kier alpha value is -1.06. The number of fused-ring (bicyclic) bond motifs is 1. The number of nitrogens with one attached hydrogen (secondary N) is 2. The molecule has 3 nitrogen and oxygen atoms in total. The maximum Gasteiger partial charge on any atom is 0.122 e. The van der Waals surface area contributed by atoms with E-state index in [-0.39, 0.29) is 0 Å². The van der Waals surface area contributed by atoms with E-state index < -0.39 is 0 Å². The lowest BCUT2D eigenvalue weighted by Crippen LogP contribution is -2.49. The van der Waals surface area contributed by atoms with Gasteiger partial charge in [-0.15, -0.1) is 0 Å². The highest BCUT2D eigenvalue weighted by atomic mass is 16.5. The van der Waals surface area contributed by atoms with Crippen molar-refractivity contribution in [2.45, 2.75) is 18.9 Å². The molecule has 1 unspecified atom stereocenters. The number of benzene rings is 1. The first-order valence-corrected chi connectivity index (χ1v) is 6.10. The molecule has 0 amide bonds. The summed E-state index contributed by atoms with van der Waals surface area (Å²) in [5.74, 6) is 1.08. The number of hydrogen-bond donors (Lipinski definition) is 2. The number of rotatable bonds is 2. The van der Waals surface area contributed by atoms with Crippen LogP contribution in [0.15, 0.2) is 18.2 Å². The van der Waals surface area contributed by atoms with E-state index >= 15 is 0 Å². The Labute approximate surface area is 96.2 Å². The summed E-state index contributed by atoms with van der Waals surface area (Å²) in [6.45, 7) is 4.10. The van der Waals surface area contributed by atoms with Crippen molar-refractivity contribution < 1.29 is 4.74 Å². The fourth-order valence-corrected chi connectivity index (χ4v) is 2.51. The van der Waals surface area contributed by atoms with E-state index in [1.807, 2.05) is 0 Å². The van der Waals surface area contributed by atoms with E-state index in [2.05, 4.69) is 28.8 Å². The van der Waals surface area contributed by atoms with E-state index in [1.165, 1.54) is 11.1 Å². The summed E-state index contributed by atoms with van der Waals surface area (Å²) in [5.41, 5.74) is 2.80. The normalized spacial score (nSPS) is 23.9. The average Bonchev–Trinajstić information content (AvgIpc) is 2.77. The first-order valence-electron chi connectivity index (χ1n) is 6.10. The van der Waals surface area contributed by atoms with Crippen LogP contribution in [0.2, 0.25) is 0 Å². The molecule has 1 saturated heterocycles. The Balaban J connectivity index is 1.69. The fourth-order valence-electron chi connectivity index (χ4n) is 2.51. The SMILES string of the molecule is c1cc2c(cc1CC1CNCCN1)CCO2. The monoisotopic (exact) mass is 218 g/mol. The maximum absolute atomic E-state index is 5.52. The van der Waals surface area contributed by atoms with Gasteiger partial charge in [0.1, 0.15) is 5.75 Å². The summed E-state index contributed by atoms with van der Waals surface area (Å²) in [7, 11) is 0. The highest BCUT2D eigenvalue weighted by Crippen LogP contribution is 2.26. The van der Waals surface area contributed by atoms with E-state index in [4.69, 9.17) is 4.74 Å². The van der Waals surface area contributed by atoms with Gasteiger partial charge >= 0.3 is 0 Å². The Kier molecular flexibility index (Phi) is 2.80. The first kappa shape index (κ1) is 10.1. The van der Waals surface area contributed by atoms with Gasteiger partial charge in [-0.05, 0) is 23.6 Å². The van der Waals surface area contributed by atoms with E-state index in [0.717, 1.165) is 44.8 Å². The Morgan fingerprint density at radius 1 is 1.31 bits per heavy atom. The predicted molar refractivity (Wildman–Crippen MR) is 64.0 cm³/mol. The van der Waals surface area contributed by atoms with Gasteiger partial charge in [-0.25, -0.2) is 0 Å². The van der Waals surface area contributed by atoms with Crippen molar-refractivity contribution in [1.82, 2.24) is 10.6 Å². The second-order valence-electron chi connectivity index (χ2n) is 4.60. The third-order valence-corrected chi connectivity index (χ3v) is 3.36. The molecule has 16 heavy (non-hydrogen) atoms. The molecule has 2 aliphatic heterocycles. The van der Waals surface area contributed by atoms with Gasteiger partial charge in [0.15, 0.2) is 0 Å². The lowest BCUT2D eigenvalue weighted by molar-refractivity contribution is 0.356. The molecule has 0 bridgehead atoms. The topological polar surface area (TPSA) is 33.3 Å². The zero-order chi connectivity index (χ0) is 10.8. The standard InChI is InChI=1S/C13H18N2O/c1-2-13-11(3-6-16-13)7-10(1)8-12-9-14-4-5-15-12/h1-2,7,12,14-15H,3-6,8-9H2.